The van der Waals surface area contributed by atoms with E-state index >= 15 is 0 Å². The van der Waals surface area contributed by atoms with Crippen molar-refractivity contribution in [1.82, 2.24) is 0 Å². The van der Waals surface area contributed by atoms with Crippen LogP contribution in [0.5, 0.6) is 0 Å². The van der Waals surface area contributed by atoms with Gasteiger partial charge in [0.2, 0.25) is 0 Å². The molecule has 1 unspecified atom stereocenters. The molecule has 0 amide bonds. The molecule has 1 aliphatic carbocycles. The first kappa shape index (κ1) is 11.5. The van der Waals surface area contributed by atoms with E-state index < -0.39 is 5.60 Å². The van der Waals surface area contributed by atoms with Gasteiger partial charge in [0.1, 0.15) is 0 Å². The van der Waals surface area contributed by atoms with Gasteiger partial charge in [-0.1, -0.05) is 37.5 Å². The first-order valence-electron chi connectivity index (χ1n) is 6.25. The van der Waals surface area contributed by atoms with E-state index in [2.05, 4.69) is 12.2 Å². The molecular weight excluding hydrogens is 198 g/mol. The highest BCUT2D eigenvalue weighted by atomic mass is 16.3. The first-order chi connectivity index (χ1) is 7.71. The Morgan fingerprint density at radius 1 is 1.12 bits per heavy atom. The van der Waals surface area contributed by atoms with Gasteiger partial charge in [0, 0.05) is 5.69 Å². The lowest BCUT2D eigenvalue weighted by molar-refractivity contribution is -0.00877. The maximum atomic E-state index is 10.5. The summed E-state index contributed by atoms with van der Waals surface area (Å²) in [7, 11) is 0. The maximum absolute atomic E-state index is 10.5. The number of para-hydroxylation sites is 1. The average Bonchev–Trinajstić information content (AvgIpc) is 2.31. The molecule has 0 radical (unpaired) electrons. The van der Waals surface area contributed by atoms with Crippen molar-refractivity contribution >= 4 is 5.69 Å². The highest BCUT2D eigenvalue weighted by Crippen LogP contribution is 2.32. The van der Waals surface area contributed by atoms with E-state index in [9.17, 15) is 5.11 Å². The summed E-state index contributed by atoms with van der Waals surface area (Å²) in [4.78, 5) is 0. The minimum atomic E-state index is -0.520. The number of nitrogens with one attached hydrogen (secondary N) is 1. The second kappa shape index (κ2) is 4.88. The van der Waals surface area contributed by atoms with Crippen LogP contribution in [0.25, 0.3) is 0 Å². The van der Waals surface area contributed by atoms with Gasteiger partial charge in [-0.25, -0.2) is 0 Å². The van der Waals surface area contributed by atoms with Gasteiger partial charge in [-0.05, 0) is 31.9 Å². The van der Waals surface area contributed by atoms with Crippen molar-refractivity contribution in [2.75, 3.05) is 5.32 Å². The molecule has 2 heteroatoms. The zero-order valence-electron chi connectivity index (χ0n) is 9.95. The molecule has 1 aliphatic rings. The fourth-order valence-corrected chi connectivity index (χ4v) is 2.52. The molecule has 0 bridgehead atoms. The molecule has 1 aromatic carbocycles. The van der Waals surface area contributed by atoms with Crippen molar-refractivity contribution in [2.24, 2.45) is 0 Å². The number of anilines is 1. The van der Waals surface area contributed by atoms with Crippen molar-refractivity contribution in [1.29, 1.82) is 0 Å². The number of rotatable bonds is 3. The molecule has 2 N–H and O–H groups in total. The van der Waals surface area contributed by atoms with E-state index in [0.29, 0.717) is 0 Å². The molecule has 1 aromatic rings. The molecule has 1 atom stereocenters. The topological polar surface area (TPSA) is 32.3 Å². The molecular formula is C14H21NO. The summed E-state index contributed by atoms with van der Waals surface area (Å²) in [5.74, 6) is 0. The van der Waals surface area contributed by atoms with Gasteiger partial charge in [0.05, 0.1) is 11.6 Å². The summed E-state index contributed by atoms with van der Waals surface area (Å²) in [5.41, 5.74) is 0.572. The molecule has 0 aromatic heterocycles. The summed E-state index contributed by atoms with van der Waals surface area (Å²) in [5, 5.41) is 13.9. The lowest BCUT2D eigenvalue weighted by Crippen LogP contribution is -2.46. The van der Waals surface area contributed by atoms with Crippen molar-refractivity contribution in [2.45, 2.75) is 50.7 Å². The van der Waals surface area contributed by atoms with Gasteiger partial charge in [0.15, 0.2) is 0 Å². The largest absolute Gasteiger partial charge is 0.388 e. The Morgan fingerprint density at radius 3 is 2.38 bits per heavy atom. The van der Waals surface area contributed by atoms with E-state index in [-0.39, 0.29) is 6.04 Å². The number of benzene rings is 1. The average molecular weight is 219 g/mol. The Labute approximate surface area is 97.7 Å². The van der Waals surface area contributed by atoms with Crippen LogP contribution in [0.3, 0.4) is 0 Å². The molecule has 0 aliphatic heterocycles. The van der Waals surface area contributed by atoms with Crippen LogP contribution in [-0.4, -0.2) is 16.7 Å². The third kappa shape index (κ3) is 2.56. The monoisotopic (exact) mass is 219 g/mol. The van der Waals surface area contributed by atoms with Crippen molar-refractivity contribution in [3.8, 4) is 0 Å². The van der Waals surface area contributed by atoms with E-state index in [4.69, 9.17) is 0 Å². The molecule has 0 heterocycles. The summed E-state index contributed by atoms with van der Waals surface area (Å²) in [6, 6.07) is 10.2. The fraction of sp³-hybridized carbons (Fsp3) is 0.571. The molecule has 0 saturated heterocycles. The van der Waals surface area contributed by atoms with Crippen LogP contribution in [0.15, 0.2) is 30.3 Å². The Kier molecular flexibility index (Phi) is 3.49. The van der Waals surface area contributed by atoms with Crippen LogP contribution >= 0.6 is 0 Å². The van der Waals surface area contributed by atoms with Gasteiger partial charge in [-0.2, -0.15) is 0 Å². The highest BCUT2D eigenvalue weighted by Gasteiger charge is 2.34. The summed E-state index contributed by atoms with van der Waals surface area (Å²) >= 11 is 0. The number of hydrogen-bond acceptors (Lipinski definition) is 2. The highest BCUT2D eigenvalue weighted by molar-refractivity contribution is 5.43. The quantitative estimate of drug-likeness (QED) is 0.818. The lowest BCUT2D eigenvalue weighted by Gasteiger charge is -2.38. The molecule has 1 fully saturated rings. The first-order valence-corrected chi connectivity index (χ1v) is 6.25. The van der Waals surface area contributed by atoms with Gasteiger partial charge in [0.25, 0.3) is 0 Å². The normalized spacial score (nSPS) is 21.4. The third-order valence-corrected chi connectivity index (χ3v) is 3.68. The maximum Gasteiger partial charge on any atom is 0.0845 e. The fourth-order valence-electron chi connectivity index (χ4n) is 2.52. The second-order valence-corrected chi connectivity index (χ2v) is 4.90. The van der Waals surface area contributed by atoms with Gasteiger partial charge in [-0.3, -0.25) is 0 Å². The zero-order valence-corrected chi connectivity index (χ0v) is 9.95. The van der Waals surface area contributed by atoms with Crippen molar-refractivity contribution < 1.29 is 5.11 Å². The molecule has 2 nitrogen and oxygen atoms in total. The SMILES string of the molecule is CC(Nc1ccccc1)C1(O)CCCCC1. The van der Waals surface area contributed by atoms with E-state index in [1.165, 1.54) is 6.42 Å². The third-order valence-electron chi connectivity index (χ3n) is 3.68. The van der Waals surface area contributed by atoms with Crippen molar-refractivity contribution in [3.63, 3.8) is 0 Å². The standard InChI is InChI=1S/C14H21NO/c1-12(14(16)10-6-3-7-11-14)15-13-8-4-2-5-9-13/h2,4-5,8-9,12,15-16H,3,6-7,10-11H2,1H3. The molecule has 0 spiro atoms. The Balaban J connectivity index is 1.99. The van der Waals surface area contributed by atoms with Crippen LogP contribution in [0.1, 0.15) is 39.0 Å². The summed E-state index contributed by atoms with van der Waals surface area (Å²) < 4.78 is 0. The molecule has 88 valence electrons. The summed E-state index contributed by atoms with van der Waals surface area (Å²) in [6.07, 6.45) is 5.41. The van der Waals surface area contributed by atoms with Crippen LogP contribution in [0.4, 0.5) is 5.69 Å². The van der Waals surface area contributed by atoms with Crippen LogP contribution in [0.2, 0.25) is 0 Å². The molecule has 16 heavy (non-hydrogen) atoms. The van der Waals surface area contributed by atoms with Gasteiger partial charge in [-0.15, -0.1) is 0 Å². The molecule has 1 saturated carbocycles. The Morgan fingerprint density at radius 2 is 1.75 bits per heavy atom. The zero-order chi connectivity index (χ0) is 11.4. The Bertz CT molecular complexity index is 317. The number of aliphatic hydroxyl groups is 1. The van der Waals surface area contributed by atoms with Crippen LogP contribution < -0.4 is 5.32 Å². The van der Waals surface area contributed by atoms with Crippen molar-refractivity contribution in [3.05, 3.63) is 30.3 Å². The predicted octanol–water partition coefficient (Wildman–Crippen LogP) is 3.18. The lowest BCUT2D eigenvalue weighted by atomic mass is 9.80. The van der Waals surface area contributed by atoms with E-state index in [1.54, 1.807) is 0 Å². The minimum absolute atomic E-state index is 0.121. The minimum Gasteiger partial charge on any atom is -0.388 e. The van der Waals surface area contributed by atoms with E-state index in [1.807, 2.05) is 30.3 Å². The van der Waals surface area contributed by atoms with Gasteiger partial charge >= 0.3 is 0 Å². The van der Waals surface area contributed by atoms with Gasteiger partial charge < -0.3 is 10.4 Å². The smallest absolute Gasteiger partial charge is 0.0845 e. The predicted molar refractivity (Wildman–Crippen MR) is 67.6 cm³/mol. The summed E-state index contributed by atoms with van der Waals surface area (Å²) in [6.45, 7) is 2.08. The molecule has 2 rings (SSSR count). The van der Waals surface area contributed by atoms with E-state index in [0.717, 1.165) is 31.4 Å². The van der Waals surface area contributed by atoms with Crippen LogP contribution in [-0.2, 0) is 0 Å². The van der Waals surface area contributed by atoms with Crippen LogP contribution in [0, 0.1) is 0 Å². The number of hydrogen-bond donors (Lipinski definition) is 2. The second-order valence-electron chi connectivity index (χ2n) is 4.90. The Hall–Kier alpha value is -1.02.